The van der Waals surface area contributed by atoms with E-state index in [2.05, 4.69) is 31.1 Å². The molecule has 0 aliphatic rings. The lowest BCUT2D eigenvalue weighted by Crippen LogP contribution is -2.32. The van der Waals surface area contributed by atoms with E-state index in [9.17, 15) is 28.8 Å². The van der Waals surface area contributed by atoms with Crippen LogP contribution in [-0.4, -0.2) is 57.6 Å². The summed E-state index contributed by atoms with van der Waals surface area (Å²) in [5, 5.41) is 38.4. The van der Waals surface area contributed by atoms with E-state index >= 15 is 0 Å². The molecule has 3 aromatic carbocycles. The molecular weight excluding hydrogens is 548 g/mol. The molecule has 0 aliphatic carbocycles. The van der Waals surface area contributed by atoms with E-state index in [4.69, 9.17) is 10.2 Å². The lowest BCUT2D eigenvalue weighted by Gasteiger charge is -2.12. The third-order valence-corrected chi connectivity index (χ3v) is 5.45. The van der Waals surface area contributed by atoms with Crippen LogP contribution in [0.2, 0.25) is 0 Å². The van der Waals surface area contributed by atoms with Gasteiger partial charge >= 0.3 is 11.9 Å². The molecular formula is C28H24N6O8. The number of benzene rings is 3. The Bertz CT molecular complexity index is 1480. The lowest BCUT2D eigenvalue weighted by atomic mass is 10.2. The molecule has 0 fully saturated rings. The summed E-state index contributed by atoms with van der Waals surface area (Å²) < 4.78 is 0. The highest BCUT2D eigenvalue weighted by molar-refractivity contribution is 6.11. The monoisotopic (exact) mass is 572 g/mol. The standard InChI is InChI=1S/C28H24N6O8/c1-15(35)23(33-31-21-7-3-5-17(13-21)27(39)40)25(37)29-19-9-11-20(12-10-19)30-26(38)24(16(2)36)34-32-22-8-4-6-18(14-22)28(41)42/h3-14,23-24H,1-2H3,(H,29,37)(H,30,38)(H,39,40)(H,41,42). The highest BCUT2D eigenvalue weighted by Crippen LogP contribution is 2.19. The van der Waals surface area contributed by atoms with Crippen LogP contribution in [0.5, 0.6) is 0 Å². The maximum atomic E-state index is 12.7. The molecule has 14 heteroatoms. The molecule has 214 valence electrons. The highest BCUT2D eigenvalue weighted by atomic mass is 16.4. The van der Waals surface area contributed by atoms with Crippen LogP contribution in [0, 0.1) is 0 Å². The van der Waals surface area contributed by atoms with Crippen LogP contribution in [0.4, 0.5) is 22.7 Å². The fraction of sp³-hybridized carbons (Fsp3) is 0.143. The van der Waals surface area contributed by atoms with Crippen molar-refractivity contribution in [3.05, 3.63) is 83.9 Å². The minimum atomic E-state index is -1.50. The molecule has 0 bridgehead atoms. The minimum Gasteiger partial charge on any atom is -0.478 e. The number of hydrogen-bond donors (Lipinski definition) is 4. The van der Waals surface area contributed by atoms with Crippen molar-refractivity contribution in [1.82, 2.24) is 0 Å². The number of hydrogen-bond acceptors (Lipinski definition) is 10. The van der Waals surface area contributed by atoms with Crippen molar-refractivity contribution >= 4 is 58.1 Å². The molecule has 0 saturated carbocycles. The van der Waals surface area contributed by atoms with Crippen LogP contribution in [0.1, 0.15) is 34.6 Å². The van der Waals surface area contributed by atoms with Crippen LogP contribution in [0.15, 0.2) is 93.3 Å². The number of carbonyl (C=O) groups excluding carboxylic acids is 4. The van der Waals surface area contributed by atoms with Crippen LogP contribution in [0.3, 0.4) is 0 Å². The Balaban J connectivity index is 1.66. The van der Waals surface area contributed by atoms with Gasteiger partial charge in [0.15, 0.2) is 11.6 Å². The van der Waals surface area contributed by atoms with Gasteiger partial charge in [0.1, 0.15) is 0 Å². The first-order valence-corrected chi connectivity index (χ1v) is 12.2. The molecule has 2 amide bonds. The number of carboxylic acids is 2. The minimum absolute atomic E-state index is 0.0364. The van der Waals surface area contributed by atoms with Gasteiger partial charge in [-0.3, -0.25) is 19.2 Å². The molecule has 0 aliphatic heterocycles. The van der Waals surface area contributed by atoms with E-state index in [0.717, 1.165) is 13.8 Å². The quantitative estimate of drug-likeness (QED) is 0.179. The Labute approximate surface area is 238 Å². The molecule has 0 radical (unpaired) electrons. The number of nitrogens with one attached hydrogen (secondary N) is 2. The molecule has 3 rings (SSSR count). The maximum absolute atomic E-state index is 12.7. The zero-order valence-electron chi connectivity index (χ0n) is 22.2. The van der Waals surface area contributed by atoms with Crippen molar-refractivity contribution in [2.45, 2.75) is 25.9 Å². The second-order valence-electron chi connectivity index (χ2n) is 8.72. The third-order valence-electron chi connectivity index (χ3n) is 5.45. The van der Waals surface area contributed by atoms with E-state index in [1.165, 1.54) is 72.8 Å². The highest BCUT2D eigenvalue weighted by Gasteiger charge is 2.25. The number of ketones is 2. The summed E-state index contributed by atoms with van der Waals surface area (Å²) in [5.41, 5.74) is 0.732. The first-order valence-electron chi connectivity index (χ1n) is 12.2. The van der Waals surface area contributed by atoms with Crippen molar-refractivity contribution in [1.29, 1.82) is 0 Å². The smallest absolute Gasteiger partial charge is 0.335 e. The Morgan fingerprint density at radius 1 is 0.595 bits per heavy atom. The Kier molecular flexibility index (Phi) is 10.2. The van der Waals surface area contributed by atoms with Crippen molar-refractivity contribution in [2.24, 2.45) is 20.5 Å². The summed E-state index contributed by atoms with van der Waals surface area (Å²) in [6.07, 6.45) is 0. The molecule has 0 aromatic heterocycles. The van der Waals surface area contributed by atoms with E-state index in [1.807, 2.05) is 0 Å². The number of rotatable bonds is 12. The number of nitrogens with zero attached hydrogens (tertiary/aromatic N) is 4. The number of anilines is 2. The van der Waals surface area contributed by atoms with Gasteiger partial charge in [0.05, 0.1) is 22.5 Å². The average molecular weight is 573 g/mol. The maximum Gasteiger partial charge on any atom is 0.335 e. The van der Waals surface area contributed by atoms with Crippen molar-refractivity contribution in [3.8, 4) is 0 Å². The van der Waals surface area contributed by atoms with Gasteiger partial charge in [-0.05, 0) is 74.5 Å². The fourth-order valence-corrected chi connectivity index (χ4v) is 3.35. The average Bonchev–Trinajstić information content (AvgIpc) is 2.94. The number of amides is 2. The zero-order valence-corrected chi connectivity index (χ0v) is 22.2. The predicted molar refractivity (Wildman–Crippen MR) is 148 cm³/mol. The molecule has 2 unspecified atom stereocenters. The van der Waals surface area contributed by atoms with E-state index in [-0.39, 0.29) is 33.9 Å². The van der Waals surface area contributed by atoms with Crippen molar-refractivity contribution in [3.63, 3.8) is 0 Å². The first-order chi connectivity index (χ1) is 19.9. The summed E-state index contributed by atoms with van der Waals surface area (Å²) in [6.45, 7) is 2.31. The van der Waals surface area contributed by atoms with Gasteiger partial charge in [0.2, 0.25) is 12.1 Å². The number of carbonyl (C=O) groups is 6. The Hall–Kier alpha value is -5.92. The second kappa shape index (κ2) is 13.9. The van der Waals surface area contributed by atoms with Crippen LogP contribution in [-0.2, 0) is 19.2 Å². The summed E-state index contributed by atoms with van der Waals surface area (Å²) >= 11 is 0. The Morgan fingerprint density at radius 2 is 0.952 bits per heavy atom. The number of azo groups is 2. The number of aromatic carboxylic acids is 2. The molecule has 42 heavy (non-hydrogen) atoms. The van der Waals surface area contributed by atoms with Gasteiger partial charge in [-0.15, -0.1) is 0 Å². The normalized spacial score (nSPS) is 12.4. The van der Waals surface area contributed by atoms with E-state index in [0.29, 0.717) is 0 Å². The molecule has 0 heterocycles. The molecule has 3 aromatic rings. The molecule has 2 atom stereocenters. The summed E-state index contributed by atoms with van der Waals surface area (Å²) in [5.74, 6) is -5.13. The van der Waals surface area contributed by atoms with Gasteiger partial charge in [-0.25, -0.2) is 9.59 Å². The van der Waals surface area contributed by atoms with Gasteiger partial charge < -0.3 is 20.8 Å². The first kappa shape index (κ1) is 30.6. The van der Waals surface area contributed by atoms with Gasteiger partial charge in [0, 0.05) is 11.4 Å². The van der Waals surface area contributed by atoms with Crippen molar-refractivity contribution < 1.29 is 39.0 Å². The summed E-state index contributed by atoms with van der Waals surface area (Å²) in [6, 6.07) is 13.7. The zero-order chi connectivity index (χ0) is 30.8. The Morgan fingerprint density at radius 3 is 1.26 bits per heavy atom. The number of carboxylic acid groups (broad SMARTS) is 2. The summed E-state index contributed by atoms with van der Waals surface area (Å²) in [4.78, 5) is 71.7. The molecule has 4 N–H and O–H groups in total. The van der Waals surface area contributed by atoms with Crippen LogP contribution in [0.25, 0.3) is 0 Å². The lowest BCUT2D eigenvalue weighted by molar-refractivity contribution is -0.127. The topological polar surface area (TPSA) is 216 Å². The SMILES string of the molecule is CC(=O)C(N=Nc1cccc(C(=O)O)c1)C(=O)Nc1ccc(NC(=O)C(N=Nc2cccc(C(=O)O)c2)C(C)=O)cc1. The van der Waals surface area contributed by atoms with Gasteiger partial charge in [-0.1, -0.05) is 12.1 Å². The van der Waals surface area contributed by atoms with Crippen LogP contribution < -0.4 is 10.6 Å². The fourth-order valence-electron chi connectivity index (χ4n) is 3.35. The van der Waals surface area contributed by atoms with Gasteiger partial charge in [0.25, 0.3) is 11.8 Å². The van der Waals surface area contributed by atoms with Crippen molar-refractivity contribution in [2.75, 3.05) is 10.6 Å². The molecule has 14 nitrogen and oxygen atoms in total. The molecule has 0 spiro atoms. The van der Waals surface area contributed by atoms with E-state index in [1.54, 1.807) is 0 Å². The third kappa shape index (κ3) is 8.54. The molecule has 0 saturated heterocycles. The largest absolute Gasteiger partial charge is 0.478 e. The van der Waals surface area contributed by atoms with Crippen LogP contribution >= 0.6 is 0 Å². The predicted octanol–water partition coefficient (Wildman–Crippen LogP) is 4.44. The summed E-state index contributed by atoms with van der Waals surface area (Å²) in [7, 11) is 0. The van der Waals surface area contributed by atoms with E-state index < -0.39 is 47.4 Å². The second-order valence-corrected chi connectivity index (χ2v) is 8.72. The van der Waals surface area contributed by atoms with Gasteiger partial charge in [-0.2, -0.15) is 20.5 Å². The number of Topliss-reactive ketones (excluding diaryl/α,β-unsaturated/α-hetero) is 2.